The number of nitrogens with one attached hydrogen (secondary N) is 2. The number of aromatic nitrogens is 4. The Kier molecular flexibility index (Phi) is 4.30. The van der Waals surface area contributed by atoms with Crippen molar-refractivity contribution >= 4 is 39.5 Å². The highest BCUT2D eigenvalue weighted by Crippen LogP contribution is 2.25. The molecule has 1 aromatic carbocycles. The number of amides is 1. The zero-order valence-corrected chi connectivity index (χ0v) is 14.2. The molecule has 0 bridgehead atoms. The molecule has 9 heteroatoms. The van der Waals surface area contributed by atoms with Crippen LogP contribution in [-0.4, -0.2) is 30.8 Å². The summed E-state index contributed by atoms with van der Waals surface area (Å²) in [6.07, 6.45) is 0. The molecule has 23 heavy (non-hydrogen) atoms. The van der Waals surface area contributed by atoms with E-state index in [9.17, 15) is 4.79 Å². The minimum absolute atomic E-state index is 0.184. The maximum Gasteiger partial charge on any atom is 0.234 e. The van der Waals surface area contributed by atoms with E-state index >= 15 is 0 Å². The normalized spacial score (nSPS) is 10.7. The quantitative estimate of drug-likeness (QED) is 0.702. The largest absolute Gasteiger partial charge is 0.358 e. The first-order chi connectivity index (χ1) is 11.0. The number of carbonyl (C=O) groups excluding carboxylic acids is 1. The number of hydrogen-bond donors (Lipinski definition) is 2. The van der Waals surface area contributed by atoms with Gasteiger partial charge in [-0.2, -0.15) is 9.61 Å². The number of benzene rings is 1. The Bertz CT molecular complexity index is 867. The molecule has 0 fully saturated rings. The van der Waals surface area contributed by atoms with E-state index in [1.165, 1.54) is 18.3 Å². The summed E-state index contributed by atoms with van der Waals surface area (Å²) in [5.74, 6) is 0.589. The topological polar surface area (TPSA) is 84.2 Å². The van der Waals surface area contributed by atoms with Crippen LogP contribution in [0, 0.1) is 6.92 Å². The molecule has 0 saturated carbocycles. The molecule has 2 heterocycles. The third-order valence-corrected chi connectivity index (χ3v) is 4.28. The monoisotopic (exact) mass is 346 g/mol. The Balaban J connectivity index is 1.69. The van der Waals surface area contributed by atoms with E-state index in [1.807, 2.05) is 31.2 Å². The van der Waals surface area contributed by atoms with Crippen LogP contribution in [0.15, 0.2) is 24.3 Å². The molecule has 0 aliphatic carbocycles. The van der Waals surface area contributed by atoms with Gasteiger partial charge in [-0.25, -0.2) is 0 Å². The van der Waals surface area contributed by atoms with Crippen LogP contribution in [0.5, 0.6) is 0 Å². The van der Waals surface area contributed by atoms with Crippen molar-refractivity contribution in [3.8, 4) is 10.6 Å². The summed E-state index contributed by atoms with van der Waals surface area (Å²) in [5, 5.41) is 19.3. The molecule has 0 saturated heterocycles. The molecule has 3 aromatic rings. The number of rotatable bonds is 3. The fourth-order valence-electron chi connectivity index (χ4n) is 1.98. The number of thiocarbonyl (C=S) groups is 1. The lowest BCUT2D eigenvalue weighted by molar-refractivity contribution is -0.117. The zero-order valence-electron chi connectivity index (χ0n) is 12.5. The summed E-state index contributed by atoms with van der Waals surface area (Å²) < 4.78 is 1.74. The van der Waals surface area contributed by atoms with Crippen LogP contribution >= 0.6 is 23.6 Å². The lowest BCUT2D eigenvalue weighted by Crippen LogP contribution is -2.37. The molecule has 3 rings (SSSR count). The molecule has 1 amide bonds. The van der Waals surface area contributed by atoms with Crippen molar-refractivity contribution in [2.24, 2.45) is 0 Å². The first-order valence-electron chi connectivity index (χ1n) is 6.86. The second kappa shape index (κ2) is 6.39. The predicted octanol–water partition coefficient (Wildman–Crippen LogP) is 1.67. The van der Waals surface area contributed by atoms with Crippen molar-refractivity contribution in [1.29, 1.82) is 0 Å². The Hall–Kier alpha value is -2.39. The van der Waals surface area contributed by atoms with Crippen LogP contribution in [0.1, 0.15) is 18.3 Å². The maximum absolute atomic E-state index is 10.9. The van der Waals surface area contributed by atoms with Crippen LogP contribution in [-0.2, 0) is 11.3 Å². The highest BCUT2D eigenvalue weighted by Gasteiger charge is 2.10. The van der Waals surface area contributed by atoms with E-state index in [0.717, 1.165) is 26.9 Å². The number of aryl methyl sites for hydroxylation is 1. The molecule has 2 aromatic heterocycles. The molecular weight excluding hydrogens is 332 g/mol. The van der Waals surface area contributed by atoms with Crippen LogP contribution in [0.2, 0.25) is 0 Å². The highest BCUT2D eigenvalue weighted by molar-refractivity contribution is 7.80. The third-order valence-electron chi connectivity index (χ3n) is 3.09. The first-order valence-corrected chi connectivity index (χ1v) is 8.09. The van der Waals surface area contributed by atoms with Crippen molar-refractivity contribution in [2.75, 3.05) is 0 Å². The molecule has 0 aliphatic heterocycles. The van der Waals surface area contributed by atoms with E-state index in [2.05, 4.69) is 25.9 Å². The lowest BCUT2D eigenvalue weighted by atomic mass is 10.1. The standard InChI is InChI=1S/C14H14N6OS2/c1-8-17-18-14-20(8)19-12(23-14)11-5-3-10(4-6-11)7-15-13(22)16-9(2)21/h3-6H,7H2,1-2H3,(H2,15,16,21,22). The molecule has 2 N–H and O–H groups in total. The van der Waals surface area contributed by atoms with E-state index in [1.54, 1.807) is 4.52 Å². The van der Waals surface area contributed by atoms with E-state index in [-0.39, 0.29) is 5.91 Å². The Labute approximate surface area is 141 Å². The van der Waals surface area contributed by atoms with Gasteiger partial charge in [0.2, 0.25) is 10.9 Å². The number of hydrogen-bond acceptors (Lipinski definition) is 6. The Morgan fingerprint density at radius 2 is 2.04 bits per heavy atom. The van der Waals surface area contributed by atoms with Gasteiger partial charge >= 0.3 is 0 Å². The predicted molar refractivity (Wildman–Crippen MR) is 92.1 cm³/mol. The van der Waals surface area contributed by atoms with Crippen LogP contribution in [0.4, 0.5) is 0 Å². The Morgan fingerprint density at radius 3 is 2.70 bits per heavy atom. The zero-order chi connectivity index (χ0) is 16.4. The minimum atomic E-state index is -0.184. The number of fused-ring (bicyclic) bond motifs is 1. The van der Waals surface area contributed by atoms with Crippen molar-refractivity contribution < 1.29 is 4.79 Å². The van der Waals surface area contributed by atoms with Gasteiger partial charge in [-0.1, -0.05) is 35.6 Å². The van der Waals surface area contributed by atoms with Gasteiger partial charge in [-0.05, 0) is 24.7 Å². The molecule has 0 atom stereocenters. The van der Waals surface area contributed by atoms with Crippen molar-refractivity contribution in [1.82, 2.24) is 30.4 Å². The summed E-state index contributed by atoms with van der Waals surface area (Å²) in [5.41, 5.74) is 2.08. The third kappa shape index (κ3) is 3.51. The van der Waals surface area contributed by atoms with Gasteiger partial charge in [0.25, 0.3) is 0 Å². The molecule has 0 aliphatic rings. The summed E-state index contributed by atoms with van der Waals surface area (Å²) in [6, 6.07) is 7.99. The van der Waals surface area contributed by atoms with Crippen LogP contribution in [0.3, 0.4) is 0 Å². The number of nitrogens with zero attached hydrogens (tertiary/aromatic N) is 4. The average molecular weight is 346 g/mol. The highest BCUT2D eigenvalue weighted by atomic mass is 32.1. The average Bonchev–Trinajstić information content (AvgIpc) is 3.08. The summed E-state index contributed by atoms with van der Waals surface area (Å²) >= 11 is 6.50. The Morgan fingerprint density at radius 1 is 1.30 bits per heavy atom. The lowest BCUT2D eigenvalue weighted by Gasteiger charge is -2.08. The number of carbonyl (C=O) groups is 1. The maximum atomic E-state index is 10.9. The van der Waals surface area contributed by atoms with Crippen molar-refractivity contribution in [3.05, 3.63) is 35.7 Å². The van der Waals surface area contributed by atoms with Gasteiger partial charge < -0.3 is 10.6 Å². The van der Waals surface area contributed by atoms with Gasteiger partial charge in [0.15, 0.2) is 10.9 Å². The minimum Gasteiger partial charge on any atom is -0.358 e. The van der Waals surface area contributed by atoms with Gasteiger partial charge in [0.05, 0.1) is 0 Å². The molecule has 0 unspecified atom stereocenters. The smallest absolute Gasteiger partial charge is 0.234 e. The fourth-order valence-corrected chi connectivity index (χ4v) is 3.09. The SMILES string of the molecule is CC(=O)NC(=S)NCc1ccc(-c2nn3c(C)nnc3s2)cc1. The molecule has 0 spiro atoms. The van der Waals surface area contributed by atoms with Gasteiger partial charge in [0, 0.05) is 19.0 Å². The second-order valence-corrected chi connectivity index (χ2v) is 6.27. The van der Waals surface area contributed by atoms with E-state index < -0.39 is 0 Å². The van der Waals surface area contributed by atoms with Crippen LogP contribution < -0.4 is 10.6 Å². The molecule has 0 radical (unpaired) electrons. The fraction of sp³-hybridized carbons (Fsp3) is 0.214. The van der Waals surface area contributed by atoms with E-state index in [4.69, 9.17) is 12.2 Å². The van der Waals surface area contributed by atoms with Gasteiger partial charge in [-0.15, -0.1) is 10.2 Å². The van der Waals surface area contributed by atoms with Crippen molar-refractivity contribution in [3.63, 3.8) is 0 Å². The molecule has 7 nitrogen and oxygen atoms in total. The van der Waals surface area contributed by atoms with Gasteiger partial charge in [0.1, 0.15) is 5.01 Å². The van der Waals surface area contributed by atoms with Gasteiger partial charge in [-0.3, -0.25) is 4.79 Å². The molecule has 118 valence electrons. The molecular formula is C14H14N6OS2. The first kappa shape index (κ1) is 15.5. The summed E-state index contributed by atoms with van der Waals surface area (Å²) in [6.45, 7) is 3.84. The summed E-state index contributed by atoms with van der Waals surface area (Å²) in [4.78, 5) is 11.7. The second-order valence-electron chi connectivity index (χ2n) is 4.91. The van der Waals surface area contributed by atoms with E-state index in [0.29, 0.717) is 11.7 Å². The summed E-state index contributed by atoms with van der Waals surface area (Å²) in [7, 11) is 0. The van der Waals surface area contributed by atoms with Crippen molar-refractivity contribution in [2.45, 2.75) is 20.4 Å². The van der Waals surface area contributed by atoms with Crippen LogP contribution in [0.25, 0.3) is 15.5 Å².